The molecule has 0 aromatic heterocycles. The summed E-state index contributed by atoms with van der Waals surface area (Å²) in [5.74, 6) is -0.160. The zero-order chi connectivity index (χ0) is 9.52. The Kier molecular flexibility index (Phi) is 3.72. The first kappa shape index (κ1) is 9.47. The van der Waals surface area contributed by atoms with E-state index in [4.69, 9.17) is 5.26 Å². The number of hydrogen-bond donors (Lipinski definition) is 0. The van der Waals surface area contributed by atoms with Crippen molar-refractivity contribution in [1.82, 2.24) is 0 Å². The molecule has 0 radical (unpaired) electrons. The molecule has 0 heterocycles. The topological polar surface area (TPSA) is 40.9 Å². The lowest BCUT2D eigenvalue weighted by Crippen LogP contribution is -2.04. The molecule has 0 amide bonds. The van der Waals surface area contributed by atoms with Gasteiger partial charge in [-0.05, 0) is 12.0 Å². The Balaban J connectivity index is 2.57. The maximum absolute atomic E-state index is 10.5. The molecular formula is C11H11NO. The number of benzene rings is 1. The summed E-state index contributed by atoms with van der Waals surface area (Å²) in [4.78, 5) is 10.5. The van der Waals surface area contributed by atoms with Crippen molar-refractivity contribution in [3.63, 3.8) is 0 Å². The molecule has 0 fully saturated rings. The predicted octanol–water partition coefficient (Wildman–Crippen LogP) is 1.96. The molecule has 0 aliphatic heterocycles. The molecule has 13 heavy (non-hydrogen) atoms. The van der Waals surface area contributed by atoms with Crippen LogP contribution < -0.4 is 0 Å². The monoisotopic (exact) mass is 173 g/mol. The molecule has 1 aromatic rings. The number of carbonyl (C=O) groups is 1. The highest BCUT2D eigenvalue weighted by atomic mass is 16.1. The number of rotatable bonds is 4. The SMILES string of the molecule is N#CCC(C=O)Cc1ccccc1. The van der Waals surface area contributed by atoms with Crippen LogP contribution in [0.5, 0.6) is 0 Å². The summed E-state index contributed by atoms with van der Waals surface area (Å²) in [7, 11) is 0. The van der Waals surface area contributed by atoms with Crippen LogP contribution in [0.15, 0.2) is 30.3 Å². The van der Waals surface area contributed by atoms with E-state index in [9.17, 15) is 4.79 Å². The van der Waals surface area contributed by atoms with Crippen molar-refractivity contribution in [2.45, 2.75) is 12.8 Å². The van der Waals surface area contributed by atoms with Crippen LogP contribution in [0.4, 0.5) is 0 Å². The Morgan fingerprint density at radius 1 is 1.38 bits per heavy atom. The normalized spacial score (nSPS) is 11.6. The van der Waals surface area contributed by atoms with Crippen molar-refractivity contribution in [1.29, 1.82) is 5.26 Å². The molecule has 0 N–H and O–H groups in total. The van der Waals surface area contributed by atoms with Gasteiger partial charge in [-0.3, -0.25) is 0 Å². The summed E-state index contributed by atoms with van der Waals surface area (Å²) in [6.45, 7) is 0. The molecule has 0 bridgehead atoms. The Bertz CT molecular complexity index is 300. The lowest BCUT2D eigenvalue weighted by molar-refractivity contribution is -0.110. The Morgan fingerprint density at radius 2 is 2.08 bits per heavy atom. The molecule has 0 aliphatic rings. The molecule has 1 unspecified atom stereocenters. The zero-order valence-electron chi connectivity index (χ0n) is 7.31. The highest BCUT2D eigenvalue weighted by Gasteiger charge is 2.06. The lowest BCUT2D eigenvalue weighted by atomic mass is 9.98. The lowest BCUT2D eigenvalue weighted by Gasteiger charge is -2.04. The van der Waals surface area contributed by atoms with E-state index < -0.39 is 0 Å². The largest absolute Gasteiger partial charge is 0.303 e. The summed E-state index contributed by atoms with van der Waals surface area (Å²) < 4.78 is 0. The first-order valence-electron chi connectivity index (χ1n) is 4.23. The van der Waals surface area contributed by atoms with Crippen molar-refractivity contribution in [2.75, 3.05) is 0 Å². The van der Waals surface area contributed by atoms with Crippen LogP contribution in [0.2, 0.25) is 0 Å². The van der Waals surface area contributed by atoms with Crippen LogP contribution in [0, 0.1) is 17.2 Å². The van der Waals surface area contributed by atoms with Crippen LogP contribution in [0.1, 0.15) is 12.0 Å². The van der Waals surface area contributed by atoms with E-state index in [1.165, 1.54) is 0 Å². The summed E-state index contributed by atoms with van der Waals surface area (Å²) in [5.41, 5.74) is 1.11. The fourth-order valence-electron chi connectivity index (χ4n) is 1.20. The molecule has 0 aliphatic carbocycles. The van der Waals surface area contributed by atoms with E-state index in [-0.39, 0.29) is 5.92 Å². The van der Waals surface area contributed by atoms with E-state index in [1.54, 1.807) is 0 Å². The van der Waals surface area contributed by atoms with Gasteiger partial charge >= 0.3 is 0 Å². The van der Waals surface area contributed by atoms with Crippen molar-refractivity contribution in [2.24, 2.45) is 5.92 Å². The predicted molar refractivity (Wildman–Crippen MR) is 49.9 cm³/mol. The fraction of sp³-hybridized carbons (Fsp3) is 0.273. The molecule has 66 valence electrons. The van der Waals surface area contributed by atoms with E-state index >= 15 is 0 Å². The van der Waals surface area contributed by atoms with E-state index in [2.05, 4.69) is 0 Å². The quantitative estimate of drug-likeness (QED) is 0.653. The first-order chi connectivity index (χ1) is 6.36. The maximum Gasteiger partial charge on any atom is 0.124 e. The van der Waals surface area contributed by atoms with Crippen LogP contribution in [-0.2, 0) is 11.2 Å². The van der Waals surface area contributed by atoms with Gasteiger partial charge in [0.15, 0.2) is 0 Å². The van der Waals surface area contributed by atoms with Crippen LogP contribution in [-0.4, -0.2) is 6.29 Å². The second-order valence-electron chi connectivity index (χ2n) is 2.95. The van der Waals surface area contributed by atoms with Crippen LogP contribution in [0.25, 0.3) is 0 Å². The number of aldehydes is 1. The Morgan fingerprint density at radius 3 is 2.62 bits per heavy atom. The Hall–Kier alpha value is -1.62. The highest BCUT2D eigenvalue weighted by Crippen LogP contribution is 2.09. The van der Waals surface area contributed by atoms with Gasteiger partial charge < -0.3 is 4.79 Å². The number of hydrogen-bond acceptors (Lipinski definition) is 2. The molecule has 0 spiro atoms. The molecular weight excluding hydrogens is 162 g/mol. The van der Waals surface area contributed by atoms with Gasteiger partial charge in [0.1, 0.15) is 6.29 Å². The number of nitrogens with zero attached hydrogens (tertiary/aromatic N) is 1. The summed E-state index contributed by atoms with van der Waals surface area (Å²) in [6.07, 6.45) is 1.83. The van der Waals surface area contributed by atoms with Crippen molar-refractivity contribution >= 4 is 6.29 Å². The number of carbonyl (C=O) groups excluding carboxylic acids is 1. The zero-order valence-corrected chi connectivity index (χ0v) is 7.31. The third-order valence-corrected chi connectivity index (χ3v) is 1.89. The standard InChI is InChI=1S/C11H11NO/c12-7-6-11(9-13)8-10-4-2-1-3-5-10/h1-5,9,11H,6,8H2. The third-order valence-electron chi connectivity index (χ3n) is 1.89. The van der Waals surface area contributed by atoms with Gasteiger partial charge in [-0.2, -0.15) is 5.26 Å². The molecule has 2 nitrogen and oxygen atoms in total. The van der Waals surface area contributed by atoms with E-state index in [0.717, 1.165) is 11.8 Å². The highest BCUT2D eigenvalue weighted by molar-refractivity contribution is 5.54. The van der Waals surface area contributed by atoms with E-state index in [1.807, 2.05) is 36.4 Å². The summed E-state index contributed by atoms with van der Waals surface area (Å²) >= 11 is 0. The van der Waals surface area contributed by atoms with Crippen molar-refractivity contribution in [3.8, 4) is 6.07 Å². The molecule has 0 saturated heterocycles. The van der Waals surface area contributed by atoms with Gasteiger partial charge in [-0.15, -0.1) is 0 Å². The summed E-state index contributed by atoms with van der Waals surface area (Å²) in [6, 6.07) is 11.7. The Labute approximate surface area is 77.8 Å². The van der Waals surface area contributed by atoms with Gasteiger partial charge in [-0.25, -0.2) is 0 Å². The smallest absolute Gasteiger partial charge is 0.124 e. The second kappa shape index (κ2) is 5.10. The minimum absolute atomic E-state index is 0.160. The average molecular weight is 173 g/mol. The van der Waals surface area contributed by atoms with Gasteiger partial charge in [0.05, 0.1) is 6.07 Å². The molecule has 1 atom stereocenters. The second-order valence-corrected chi connectivity index (χ2v) is 2.95. The molecule has 1 rings (SSSR count). The van der Waals surface area contributed by atoms with Crippen LogP contribution in [0.3, 0.4) is 0 Å². The number of nitriles is 1. The molecule has 2 heteroatoms. The average Bonchev–Trinajstić information content (AvgIpc) is 2.19. The van der Waals surface area contributed by atoms with E-state index in [0.29, 0.717) is 12.8 Å². The van der Waals surface area contributed by atoms with Crippen molar-refractivity contribution in [3.05, 3.63) is 35.9 Å². The maximum atomic E-state index is 10.5. The van der Waals surface area contributed by atoms with Gasteiger partial charge in [0, 0.05) is 12.3 Å². The van der Waals surface area contributed by atoms with Crippen LogP contribution >= 0.6 is 0 Å². The van der Waals surface area contributed by atoms with Gasteiger partial charge in [0.25, 0.3) is 0 Å². The molecule has 1 aromatic carbocycles. The summed E-state index contributed by atoms with van der Waals surface area (Å²) in [5, 5.41) is 8.44. The fourth-order valence-corrected chi connectivity index (χ4v) is 1.20. The first-order valence-corrected chi connectivity index (χ1v) is 4.23. The third kappa shape index (κ3) is 3.08. The molecule has 0 saturated carbocycles. The minimum Gasteiger partial charge on any atom is -0.303 e. The van der Waals surface area contributed by atoms with Gasteiger partial charge in [-0.1, -0.05) is 30.3 Å². The minimum atomic E-state index is -0.160. The van der Waals surface area contributed by atoms with Gasteiger partial charge in [0.2, 0.25) is 0 Å². The van der Waals surface area contributed by atoms with Crippen molar-refractivity contribution < 1.29 is 4.79 Å².